The van der Waals surface area contributed by atoms with Gasteiger partial charge in [-0.2, -0.15) is 0 Å². The molecule has 1 rings (SSSR count). The zero-order chi connectivity index (χ0) is 10.6. The van der Waals surface area contributed by atoms with Crippen molar-refractivity contribution in [2.75, 3.05) is 11.5 Å². The molecular weight excluding hydrogens is 197 g/mol. The van der Waals surface area contributed by atoms with Gasteiger partial charge in [0, 0.05) is 4.90 Å². The molecule has 0 aromatic heterocycles. The molecule has 0 saturated carbocycles. The third kappa shape index (κ3) is 3.22. The first-order chi connectivity index (χ1) is 6.61. The molecule has 0 aliphatic carbocycles. The summed E-state index contributed by atoms with van der Waals surface area (Å²) in [7, 11) is 0. The highest BCUT2D eigenvalue weighted by atomic mass is 32.2. The molecule has 1 aromatic rings. The number of hydrogen-bond acceptors (Lipinski definition) is 2. The maximum absolute atomic E-state index is 13.0. The SMILES string of the molecule is CC(C)CCSc1cccc(F)c1N. The first-order valence-electron chi connectivity index (χ1n) is 4.78. The second-order valence-electron chi connectivity index (χ2n) is 3.68. The van der Waals surface area contributed by atoms with Crippen molar-refractivity contribution >= 4 is 17.4 Å². The van der Waals surface area contributed by atoms with Crippen LogP contribution in [0.4, 0.5) is 10.1 Å². The van der Waals surface area contributed by atoms with Crippen molar-refractivity contribution < 1.29 is 4.39 Å². The lowest BCUT2D eigenvalue weighted by atomic mass is 10.2. The molecule has 0 aliphatic heterocycles. The standard InChI is InChI=1S/C11H16FNS/c1-8(2)6-7-14-10-5-3-4-9(12)11(10)13/h3-5,8H,6-7,13H2,1-2H3. The molecule has 0 heterocycles. The summed E-state index contributed by atoms with van der Waals surface area (Å²) < 4.78 is 13.0. The molecule has 14 heavy (non-hydrogen) atoms. The number of rotatable bonds is 4. The normalized spacial score (nSPS) is 10.9. The summed E-state index contributed by atoms with van der Waals surface area (Å²) in [6, 6.07) is 4.95. The van der Waals surface area contributed by atoms with Crippen molar-refractivity contribution in [3.63, 3.8) is 0 Å². The summed E-state index contributed by atoms with van der Waals surface area (Å²) in [6.45, 7) is 4.35. The van der Waals surface area contributed by atoms with Crippen molar-refractivity contribution in [1.82, 2.24) is 0 Å². The first-order valence-corrected chi connectivity index (χ1v) is 5.76. The number of hydrogen-bond donors (Lipinski definition) is 1. The molecule has 0 radical (unpaired) electrons. The first kappa shape index (κ1) is 11.4. The lowest BCUT2D eigenvalue weighted by Gasteiger charge is -2.07. The Bertz CT molecular complexity index is 299. The van der Waals surface area contributed by atoms with Crippen molar-refractivity contribution in [1.29, 1.82) is 0 Å². The number of thioether (sulfide) groups is 1. The Hall–Kier alpha value is -0.700. The maximum atomic E-state index is 13.0. The molecule has 0 unspecified atom stereocenters. The van der Waals surface area contributed by atoms with Gasteiger partial charge in [0.25, 0.3) is 0 Å². The molecule has 1 nitrogen and oxygen atoms in total. The average Bonchev–Trinajstić information content (AvgIpc) is 2.12. The van der Waals surface area contributed by atoms with Crippen LogP contribution >= 0.6 is 11.8 Å². The fraction of sp³-hybridized carbons (Fsp3) is 0.455. The van der Waals surface area contributed by atoms with Gasteiger partial charge in [-0.05, 0) is 30.2 Å². The van der Waals surface area contributed by atoms with E-state index in [-0.39, 0.29) is 11.5 Å². The van der Waals surface area contributed by atoms with Crippen molar-refractivity contribution in [2.24, 2.45) is 5.92 Å². The van der Waals surface area contributed by atoms with Crippen LogP contribution in [-0.2, 0) is 0 Å². The van der Waals surface area contributed by atoms with Gasteiger partial charge in [0.05, 0.1) is 5.69 Å². The highest BCUT2D eigenvalue weighted by molar-refractivity contribution is 7.99. The van der Waals surface area contributed by atoms with Gasteiger partial charge in [0.2, 0.25) is 0 Å². The van der Waals surface area contributed by atoms with E-state index in [0.29, 0.717) is 5.92 Å². The Morgan fingerprint density at radius 3 is 2.79 bits per heavy atom. The fourth-order valence-electron chi connectivity index (χ4n) is 1.05. The van der Waals surface area contributed by atoms with E-state index in [1.165, 1.54) is 6.07 Å². The van der Waals surface area contributed by atoms with Crippen molar-refractivity contribution in [3.05, 3.63) is 24.0 Å². The van der Waals surface area contributed by atoms with Gasteiger partial charge in [-0.25, -0.2) is 4.39 Å². The van der Waals surface area contributed by atoms with Crippen LogP contribution in [-0.4, -0.2) is 5.75 Å². The van der Waals surface area contributed by atoms with Crippen molar-refractivity contribution in [2.45, 2.75) is 25.2 Å². The third-order valence-corrected chi connectivity index (χ3v) is 3.07. The van der Waals surface area contributed by atoms with Crippen LogP contribution in [0.2, 0.25) is 0 Å². The lowest BCUT2D eigenvalue weighted by Crippen LogP contribution is -1.95. The van der Waals surface area contributed by atoms with Crippen molar-refractivity contribution in [3.8, 4) is 0 Å². The fourth-order valence-corrected chi connectivity index (χ4v) is 2.28. The third-order valence-electron chi connectivity index (χ3n) is 1.97. The Kier molecular flexibility index (Phi) is 4.26. The molecule has 3 heteroatoms. The molecule has 0 atom stereocenters. The van der Waals surface area contributed by atoms with Gasteiger partial charge in [0.1, 0.15) is 5.82 Å². The van der Waals surface area contributed by atoms with E-state index in [0.717, 1.165) is 17.1 Å². The average molecular weight is 213 g/mol. The van der Waals surface area contributed by atoms with E-state index in [2.05, 4.69) is 13.8 Å². The summed E-state index contributed by atoms with van der Waals surface area (Å²) >= 11 is 1.62. The number of nitrogen functional groups attached to an aromatic ring is 1. The lowest BCUT2D eigenvalue weighted by molar-refractivity contribution is 0.628. The van der Waals surface area contributed by atoms with E-state index < -0.39 is 0 Å². The minimum atomic E-state index is -0.320. The summed E-state index contributed by atoms with van der Waals surface area (Å²) in [5.41, 5.74) is 5.88. The topological polar surface area (TPSA) is 26.0 Å². The number of halogens is 1. The second kappa shape index (κ2) is 5.25. The Balaban J connectivity index is 2.54. The van der Waals surface area contributed by atoms with Crippen LogP contribution < -0.4 is 5.73 Å². The number of anilines is 1. The second-order valence-corrected chi connectivity index (χ2v) is 4.82. The van der Waals surface area contributed by atoms with Gasteiger partial charge >= 0.3 is 0 Å². The predicted octanol–water partition coefficient (Wildman–Crippen LogP) is 3.55. The van der Waals surface area contributed by atoms with E-state index in [9.17, 15) is 4.39 Å². The van der Waals surface area contributed by atoms with Gasteiger partial charge in [-0.1, -0.05) is 19.9 Å². The van der Waals surface area contributed by atoms with Crippen LogP contribution in [0.3, 0.4) is 0 Å². The minimum absolute atomic E-state index is 0.279. The summed E-state index contributed by atoms with van der Waals surface area (Å²) in [4.78, 5) is 0.852. The molecule has 0 aliphatic rings. The van der Waals surface area contributed by atoms with E-state index in [1.807, 2.05) is 6.07 Å². The van der Waals surface area contributed by atoms with E-state index >= 15 is 0 Å². The molecule has 0 spiro atoms. The molecular formula is C11H16FNS. The molecule has 0 saturated heterocycles. The predicted molar refractivity (Wildman–Crippen MR) is 61.0 cm³/mol. The summed E-state index contributed by atoms with van der Waals surface area (Å²) in [6.07, 6.45) is 1.13. The maximum Gasteiger partial charge on any atom is 0.147 e. The molecule has 0 bridgehead atoms. The molecule has 1 aromatic carbocycles. The quantitative estimate of drug-likeness (QED) is 0.611. The smallest absolute Gasteiger partial charge is 0.147 e. The van der Waals surface area contributed by atoms with Gasteiger partial charge in [0.15, 0.2) is 0 Å². The monoisotopic (exact) mass is 213 g/mol. The van der Waals surface area contributed by atoms with Crippen LogP contribution in [0.15, 0.2) is 23.1 Å². The summed E-state index contributed by atoms with van der Waals surface area (Å²) in [5.74, 6) is 1.35. The van der Waals surface area contributed by atoms with Gasteiger partial charge in [-0.15, -0.1) is 11.8 Å². The Labute approximate surface area is 88.9 Å². The molecule has 2 N–H and O–H groups in total. The van der Waals surface area contributed by atoms with Crippen LogP contribution in [0.5, 0.6) is 0 Å². The number of nitrogens with two attached hydrogens (primary N) is 1. The highest BCUT2D eigenvalue weighted by Crippen LogP contribution is 2.27. The van der Waals surface area contributed by atoms with Crippen LogP contribution in [0, 0.1) is 11.7 Å². The van der Waals surface area contributed by atoms with Gasteiger partial charge in [-0.3, -0.25) is 0 Å². The van der Waals surface area contributed by atoms with E-state index in [1.54, 1.807) is 17.8 Å². The van der Waals surface area contributed by atoms with Crippen LogP contribution in [0.1, 0.15) is 20.3 Å². The zero-order valence-corrected chi connectivity index (χ0v) is 9.40. The van der Waals surface area contributed by atoms with Gasteiger partial charge < -0.3 is 5.73 Å². The number of para-hydroxylation sites is 1. The highest BCUT2D eigenvalue weighted by Gasteiger charge is 2.04. The zero-order valence-electron chi connectivity index (χ0n) is 8.59. The van der Waals surface area contributed by atoms with E-state index in [4.69, 9.17) is 5.73 Å². The molecule has 78 valence electrons. The Morgan fingerprint density at radius 2 is 2.14 bits per heavy atom. The number of benzene rings is 1. The largest absolute Gasteiger partial charge is 0.395 e. The van der Waals surface area contributed by atoms with Crippen LogP contribution in [0.25, 0.3) is 0 Å². The summed E-state index contributed by atoms with van der Waals surface area (Å²) in [5, 5.41) is 0. The molecule has 0 fully saturated rings. The molecule has 0 amide bonds. The Morgan fingerprint density at radius 1 is 1.43 bits per heavy atom. The minimum Gasteiger partial charge on any atom is -0.395 e.